The molecule has 1 aromatic heterocycles. The molecule has 0 radical (unpaired) electrons. The Morgan fingerprint density at radius 3 is 2.79 bits per heavy atom. The molecule has 0 aliphatic rings. The Hall–Kier alpha value is -1.85. The number of thiophene rings is 1. The Morgan fingerprint density at radius 2 is 2.16 bits per heavy atom. The van der Waals surface area contributed by atoms with Gasteiger partial charge in [-0.2, -0.15) is 0 Å². The maximum atomic E-state index is 12.3. The summed E-state index contributed by atoms with van der Waals surface area (Å²) in [6.45, 7) is 3.91. The summed E-state index contributed by atoms with van der Waals surface area (Å²) in [7, 11) is 0. The van der Waals surface area contributed by atoms with Crippen LogP contribution in [0.2, 0.25) is 0 Å². The number of hydrogen-bond acceptors (Lipinski definition) is 4. The predicted octanol–water partition coefficient (Wildman–Crippen LogP) is 2.83. The Labute approximate surface area is 116 Å². The van der Waals surface area contributed by atoms with E-state index in [0.717, 1.165) is 10.4 Å². The van der Waals surface area contributed by atoms with Gasteiger partial charge in [0.1, 0.15) is 0 Å². The van der Waals surface area contributed by atoms with E-state index in [4.69, 9.17) is 5.84 Å². The second-order valence-electron chi connectivity index (χ2n) is 4.40. The number of carbonyl (C=O) groups excluding carboxylic acids is 1. The predicted molar refractivity (Wildman–Crippen MR) is 79.2 cm³/mol. The minimum atomic E-state index is -0.127. The lowest BCUT2D eigenvalue weighted by molar-refractivity contribution is 0.0941. The zero-order valence-electron chi connectivity index (χ0n) is 10.9. The van der Waals surface area contributed by atoms with Crippen molar-refractivity contribution in [1.82, 2.24) is 5.32 Å². The number of anilines is 1. The Bertz CT molecular complexity index is 566. The molecule has 19 heavy (non-hydrogen) atoms. The van der Waals surface area contributed by atoms with Gasteiger partial charge in [0, 0.05) is 4.88 Å². The first kappa shape index (κ1) is 13.6. The van der Waals surface area contributed by atoms with E-state index >= 15 is 0 Å². The quantitative estimate of drug-likeness (QED) is 0.593. The second-order valence-corrected chi connectivity index (χ2v) is 5.38. The number of nitrogen functional groups attached to an aromatic ring is 1. The van der Waals surface area contributed by atoms with E-state index in [2.05, 4.69) is 10.7 Å². The zero-order chi connectivity index (χ0) is 13.8. The molecule has 0 saturated carbocycles. The van der Waals surface area contributed by atoms with Crippen molar-refractivity contribution in [2.75, 3.05) is 5.43 Å². The van der Waals surface area contributed by atoms with Crippen LogP contribution in [-0.4, -0.2) is 5.91 Å². The number of nitrogens with two attached hydrogens (primary N) is 1. The van der Waals surface area contributed by atoms with Crippen molar-refractivity contribution < 1.29 is 4.79 Å². The molecule has 5 heteroatoms. The van der Waals surface area contributed by atoms with Crippen LogP contribution in [0.3, 0.4) is 0 Å². The lowest BCUT2D eigenvalue weighted by atomic mass is 10.1. The van der Waals surface area contributed by atoms with Crippen LogP contribution in [0.4, 0.5) is 5.69 Å². The molecule has 0 saturated heterocycles. The van der Waals surface area contributed by atoms with Crippen molar-refractivity contribution in [2.45, 2.75) is 19.9 Å². The summed E-state index contributed by atoms with van der Waals surface area (Å²) < 4.78 is 0. The third kappa shape index (κ3) is 3.13. The number of amides is 1. The molecule has 4 N–H and O–H groups in total. The SMILES string of the molecule is Cc1ccc(NN)c(C(=O)NC(C)c2cccs2)c1. The third-order valence-corrected chi connectivity index (χ3v) is 3.95. The maximum absolute atomic E-state index is 12.3. The molecule has 2 rings (SSSR count). The summed E-state index contributed by atoms with van der Waals surface area (Å²) >= 11 is 1.63. The standard InChI is InChI=1S/C14H17N3OS/c1-9-5-6-12(17-15)11(8-9)14(18)16-10(2)13-4-3-7-19-13/h3-8,10,17H,15H2,1-2H3,(H,16,18). The van der Waals surface area contributed by atoms with Crippen molar-refractivity contribution in [1.29, 1.82) is 0 Å². The van der Waals surface area contributed by atoms with Crippen molar-refractivity contribution >= 4 is 22.9 Å². The number of hydrogen-bond donors (Lipinski definition) is 3. The molecular weight excluding hydrogens is 258 g/mol. The van der Waals surface area contributed by atoms with Crippen molar-refractivity contribution in [3.63, 3.8) is 0 Å². The summed E-state index contributed by atoms with van der Waals surface area (Å²) in [5.74, 6) is 5.31. The normalized spacial score (nSPS) is 11.9. The summed E-state index contributed by atoms with van der Waals surface area (Å²) in [5, 5.41) is 4.97. The van der Waals surface area contributed by atoms with E-state index in [9.17, 15) is 4.79 Å². The lowest BCUT2D eigenvalue weighted by Gasteiger charge is -2.14. The Kier molecular flexibility index (Phi) is 4.19. The van der Waals surface area contributed by atoms with E-state index in [-0.39, 0.29) is 11.9 Å². The van der Waals surface area contributed by atoms with Crippen LogP contribution in [0.1, 0.15) is 33.8 Å². The highest BCUT2D eigenvalue weighted by atomic mass is 32.1. The van der Waals surface area contributed by atoms with Crippen LogP contribution in [0, 0.1) is 6.92 Å². The molecule has 1 atom stereocenters. The maximum Gasteiger partial charge on any atom is 0.253 e. The molecule has 0 spiro atoms. The van der Waals surface area contributed by atoms with Crippen LogP contribution in [0.15, 0.2) is 35.7 Å². The minimum absolute atomic E-state index is 0.0152. The number of aryl methyl sites for hydroxylation is 1. The fourth-order valence-electron chi connectivity index (χ4n) is 1.85. The van der Waals surface area contributed by atoms with Crippen LogP contribution in [-0.2, 0) is 0 Å². The van der Waals surface area contributed by atoms with Gasteiger partial charge in [-0.05, 0) is 37.4 Å². The van der Waals surface area contributed by atoms with Crippen LogP contribution in [0.25, 0.3) is 0 Å². The van der Waals surface area contributed by atoms with Gasteiger partial charge in [0.15, 0.2) is 0 Å². The number of rotatable bonds is 4. The van der Waals surface area contributed by atoms with Crippen LogP contribution < -0.4 is 16.6 Å². The summed E-state index contributed by atoms with van der Waals surface area (Å²) in [6.07, 6.45) is 0. The van der Waals surface area contributed by atoms with Gasteiger partial charge in [-0.25, -0.2) is 0 Å². The lowest BCUT2D eigenvalue weighted by Crippen LogP contribution is -2.27. The van der Waals surface area contributed by atoms with E-state index in [1.807, 2.05) is 43.5 Å². The molecule has 2 aromatic rings. The molecule has 0 fully saturated rings. The van der Waals surface area contributed by atoms with E-state index in [0.29, 0.717) is 11.3 Å². The van der Waals surface area contributed by atoms with Crippen LogP contribution in [0.5, 0.6) is 0 Å². The first-order valence-corrected chi connectivity index (χ1v) is 6.91. The fourth-order valence-corrected chi connectivity index (χ4v) is 2.59. The topological polar surface area (TPSA) is 67.1 Å². The van der Waals surface area contributed by atoms with Gasteiger partial charge in [0.25, 0.3) is 5.91 Å². The molecule has 0 aliphatic heterocycles. The molecule has 0 aliphatic carbocycles. The summed E-state index contributed by atoms with van der Waals surface area (Å²) in [6, 6.07) is 9.51. The smallest absolute Gasteiger partial charge is 0.253 e. The van der Waals surface area contributed by atoms with Gasteiger partial charge in [0.2, 0.25) is 0 Å². The van der Waals surface area contributed by atoms with Gasteiger partial charge < -0.3 is 10.7 Å². The molecule has 1 amide bonds. The highest BCUT2D eigenvalue weighted by Crippen LogP contribution is 2.21. The fraction of sp³-hybridized carbons (Fsp3) is 0.214. The first-order chi connectivity index (χ1) is 9.11. The van der Waals surface area contributed by atoms with E-state index < -0.39 is 0 Å². The number of hydrazine groups is 1. The highest BCUT2D eigenvalue weighted by molar-refractivity contribution is 7.10. The van der Waals surface area contributed by atoms with Crippen molar-refractivity contribution in [3.05, 3.63) is 51.7 Å². The largest absolute Gasteiger partial charge is 0.345 e. The van der Waals surface area contributed by atoms with E-state index in [1.165, 1.54) is 0 Å². The van der Waals surface area contributed by atoms with Gasteiger partial charge in [0.05, 0.1) is 17.3 Å². The Balaban J connectivity index is 2.18. The molecule has 0 bridgehead atoms. The molecular formula is C14H17N3OS. The molecule has 1 unspecified atom stereocenters. The average Bonchev–Trinajstić information content (AvgIpc) is 2.92. The van der Waals surface area contributed by atoms with E-state index in [1.54, 1.807) is 17.4 Å². The number of carbonyl (C=O) groups is 1. The molecule has 4 nitrogen and oxygen atoms in total. The van der Waals surface area contributed by atoms with Gasteiger partial charge in [-0.15, -0.1) is 11.3 Å². The summed E-state index contributed by atoms with van der Waals surface area (Å²) in [5.41, 5.74) is 4.76. The van der Waals surface area contributed by atoms with Crippen LogP contribution >= 0.6 is 11.3 Å². The van der Waals surface area contributed by atoms with Crippen molar-refractivity contribution in [2.24, 2.45) is 5.84 Å². The molecule has 1 aromatic carbocycles. The number of nitrogens with one attached hydrogen (secondary N) is 2. The highest BCUT2D eigenvalue weighted by Gasteiger charge is 2.15. The Morgan fingerprint density at radius 1 is 1.37 bits per heavy atom. The van der Waals surface area contributed by atoms with Gasteiger partial charge in [-0.1, -0.05) is 17.7 Å². The molecule has 1 heterocycles. The number of benzene rings is 1. The first-order valence-electron chi connectivity index (χ1n) is 6.03. The third-order valence-electron chi connectivity index (χ3n) is 2.89. The van der Waals surface area contributed by atoms with Gasteiger partial charge >= 0.3 is 0 Å². The van der Waals surface area contributed by atoms with Crippen molar-refractivity contribution in [3.8, 4) is 0 Å². The zero-order valence-corrected chi connectivity index (χ0v) is 11.8. The monoisotopic (exact) mass is 275 g/mol. The second kappa shape index (κ2) is 5.86. The minimum Gasteiger partial charge on any atom is -0.345 e. The average molecular weight is 275 g/mol. The van der Waals surface area contributed by atoms with Gasteiger partial charge in [-0.3, -0.25) is 10.6 Å². The molecule has 100 valence electrons. The summed E-state index contributed by atoms with van der Waals surface area (Å²) in [4.78, 5) is 13.4.